The largest absolute Gasteiger partial charge is 0.387 e. The van der Waals surface area contributed by atoms with Crippen LogP contribution < -0.4 is 5.32 Å². The smallest absolute Gasteiger partial charge is 0.0916 e. The van der Waals surface area contributed by atoms with Crippen LogP contribution in [0, 0.1) is 0 Å². The number of aliphatic hydroxyl groups excluding tert-OH is 1. The second-order valence-electron chi connectivity index (χ2n) is 4.91. The molecular formula is C14H23NO2. The van der Waals surface area contributed by atoms with E-state index in [2.05, 4.69) is 11.4 Å². The average Bonchev–Trinajstić information content (AvgIpc) is 2.29. The second-order valence-corrected chi connectivity index (χ2v) is 4.91. The van der Waals surface area contributed by atoms with Crippen molar-refractivity contribution in [2.24, 2.45) is 0 Å². The highest BCUT2D eigenvalue weighted by Gasteiger charge is 2.20. The number of aliphatic hydroxyl groups is 1. The van der Waals surface area contributed by atoms with Gasteiger partial charge >= 0.3 is 0 Å². The highest BCUT2D eigenvalue weighted by atomic mass is 16.5. The molecule has 0 aliphatic carbocycles. The maximum absolute atomic E-state index is 10.1. The van der Waals surface area contributed by atoms with Crippen LogP contribution in [0.1, 0.15) is 31.1 Å². The van der Waals surface area contributed by atoms with Gasteiger partial charge in [0.1, 0.15) is 0 Å². The fraction of sp³-hybridized carbons (Fsp3) is 0.571. The summed E-state index contributed by atoms with van der Waals surface area (Å²) in [7, 11) is 3.55. The fourth-order valence-electron chi connectivity index (χ4n) is 1.85. The molecule has 0 fully saturated rings. The van der Waals surface area contributed by atoms with Crippen molar-refractivity contribution in [1.82, 2.24) is 5.32 Å². The first-order chi connectivity index (χ1) is 8.00. The molecule has 0 amide bonds. The molecular weight excluding hydrogens is 214 g/mol. The van der Waals surface area contributed by atoms with Gasteiger partial charge in [-0.05, 0) is 32.0 Å². The van der Waals surface area contributed by atoms with Gasteiger partial charge in [0.05, 0.1) is 11.7 Å². The van der Waals surface area contributed by atoms with E-state index in [1.807, 2.05) is 39.1 Å². The van der Waals surface area contributed by atoms with Crippen LogP contribution >= 0.6 is 0 Å². The summed E-state index contributed by atoms with van der Waals surface area (Å²) in [4.78, 5) is 0. The molecule has 96 valence electrons. The van der Waals surface area contributed by atoms with Crippen LogP contribution in [0.2, 0.25) is 0 Å². The highest BCUT2D eigenvalue weighted by Crippen LogP contribution is 2.23. The van der Waals surface area contributed by atoms with E-state index >= 15 is 0 Å². The topological polar surface area (TPSA) is 41.5 Å². The summed E-state index contributed by atoms with van der Waals surface area (Å²) in [5, 5.41) is 13.1. The molecule has 3 nitrogen and oxygen atoms in total. The number of methoxy groups -OCH3 is 1. The Labute approximate surface area is 104 Å². The summed E-state index contributed by atoms with van der Waals surface area (Å²) in [6.45, 7) is 4.66. The summed E-state index contributed by atoms with van der Waals surface area (Å²) < 4.78 is 5.44. The molecule has 2 N–H and O–H groups in total. The van der Waals surface area contributed by atoms with Gasteiger partial charge in [0.15, 0.2) is 0 Å². The minimum atomic E-state index is -0.469. The van der Waals surface area contributed by atoms with E-state index in [1.165, 1.54) is 0 Å². The van der Waals surface area contributed by atoms with E-state index in [4.69, 9.17) is 4.74 Å². The van der Waals surface area contributed by atoms with E-state index in [1.54, 1.807) is 7.11 Å². The summed E-state index contributed by atoms with van der Waals surface area (Å²) in [6, 6.07) is 7.98. The normalized spacial score (nSPS) is 13.7. The summed E-state index contributed by atoms with van der Waals surface area (Å²) in [6.07, 6.45) is 0.323. The third-order valence-corrected chi connectivity index (χ3v) is 2.98. The third kappa shape index (κ3) is 4.11. The highest BCUT2D eigenvalue weighted by molar-refractivity contribution is 5.30. The van der Waals surface area contributed by atoms with Crippen molar-refractivity contribution in [2.75, 3.05) is 20.7 Å². The van der Waals surface area contributed by atoms with Crippen LogP contribution in [0.3, 0.4) is 0 Å². The Morgan fingerprint density at radius 1 is 1.35 bits per heavy atom. The molecule has 0 saturated heterocycles. The molecule has 0 heterocycles. The quantitative estimate of drug-likeness (QED) is 0.794. The zero-order valence-electron chi connectivity index (χ0n) is 11.2. The number of likely N-dealkylation sites (N-methyl/N-ethyl adjacent to an activating group) is 1. The van der Waals surface area contributed by atoms with Crippen molar-refractivity contribution in [3.8, 4) is 0 Å². The second kappa shape index (κ2) is 6.15. The molecule has 0 radical (unpaired) electrons. The number of rotatable bonds is 6. The predicted octanol–water partition coefficient (Wildman–Crippen LogP) is 1.91. The first-order valence-electron chi connectivity index (χ1n) is 5.96. The number of ether oxygens (including phenoxy) is 1. The van der Waals surface area contributed by atoms with Gasteiger partial charge < -0.3 is 15.2 Å². The Balaban J connectivity index is 2.92. The molecule has 3 heteroatoms. The van der Waals surface area contributed by atoms with Crippen LogP contribution in [-0.2, 0) is 11.2 Å². The molecule has 0 aliphatic heterocycles. The molecule has 1 aromatic rings. The Bertz CT molecular complexity index is 350. The molecule has 0 aliphatic rings. The number of nitrogens with one attached hydrogen (secondary N) is 1. The lowest BCUT2D eigenvalue weighted by atomic mass is 9.92. The van der Waals surface area contributed by atoms with Crippen molar-refractivity contribution in [1.29, 1.82) is 0 Å². The van der Waals surface area contributed by atoms with Crippen molar-refractivity contribution >= 4 is 0 Å². The van der Waals surface area contributed by atoms with Crippen molar-refractivity contribution < 1.29 is 9.84 Å². The third-order valence-electron chi connectivity index (χ3n) is 2.98. The molecule has 0 saturated carbocycles. The van der Waals surface area contributed by atoms with Crippen molar-refractivity contribution in [2.45, 2.75) is 32.0 Å². The lowest BCUT2D eigenvalue weighted by molar-refractivity contribution is 0.0226. The first-order valence-corrected chi connectivity index (χ1v) is 5.96. The standard InChI is InChI=1S/C14H23NO2/c1-14(2,17-4)9-11-7-5-6-8-12(11)13(16)10-15-3/h5-8,13,15-16H,9-10H2,1-4H3. The van der Waals surface area contributed by atoms with Crippen molar-refractivity contribution in [3.05, 3.63) is 35.4 Å². The molecule has 0 bridgehead atoms. The zero-order chi connectivity index (χ0) is 12.9. The summed E-state index contributed by atoms with van der Waals surface area (Å²) in [5.41, 5.74) is 1.91. The number of hydrogen-bond acceptors (Lipinski definition) is 3. The summed E-state index contributed by atoms with van der Waals surface area (Å²) in [5.74, 6) is 0. The Morgan fingerprint density at radius 3 is 2.59 bits per heavy atom. The molecule has 1 unspecified atom stereocenters. The molecule has 1 atom stereocenters. The van der Waals surface area contributed by atoms with E-state index in [-0.39, 0.29) is 5.60 Å². The Kier molecular flexibility index (Phi) is 5.12. The Morgan fingerprint density at radius 2 is 2.00 bits per heavy atom. The first kappa shape index (κ1) is 14.2. The van der Waals surface area contributed by atoms with Gasteiger partial charge in [-0.3, -0.25) is 0 Å². The van der Waals surface area contributed by atoms with Gasteiger partial charge in [-0.25, -0.2) is 0 Å². The zero-order valence-corrected chi connectivity index (χ0v) is 11.2. The molecule has 1 aromatic carbocycles. The lowest BCUT2D eigenvalue weighted by Gasteiger charge is -2.25. The minimum absolute atomic E-state index is 0.213. The average molecular weight is 237 g/mol. The fourth-order valence-corrected chi connectivity index (χ4v) is 1.85. The van der Waals surface area contributed by atoms with Gasteiger partial charge in [-0.2, -0.15) is 0 Å². The SMILES string of the molecule is CNCC(O)c1ccccc1CC(C)(C)OC. The van der Waals surface area contributed by atoms with Crippen molar-refractivity contribution in [3.63, 3.8) is 0 Å². The van der Waals surface area contributed by atoms with E-state index in [0.717, 1.165) is 17.5 Å². The minimum Gasteiger partial charge on any atom is -0.387 e. The molecule has 17 heavy (non-hydrogen) atoms. The van der Waals surface area contributed by atoms with Gasteiger partial charge in [-0.15, -0.1) is 0 Å². The lowest BCUT2D eigenvalue weighted by Crippen LogP contribution is -2.27. The van der Waals surface area contributed by atoms with E-state index in [9.17, 15) is 5.11 Å². The van der Waals surface area contributed by atoms with Gasteiger partial charge in [0.2, 0.25) is 0 Å². The van der Waals surface area contributed by atoms with Crippen LogP contribution in [0.15, 0.2) is 24.3 Å². The number of hydrogen-bond donors (Lipinski definition) is 2. The van der Waals surface area contributed by atoms with Gasteiger partial charge in [0.25, 0.3) is 0 Å². The maximum Gasteiger partial charge on any atom is 0.0916 e. The Hall–Kier alpha value is -0.900. The van der Waals surface area contributed by atoms with Crippen LogP contribution in [0.5, 0.6) is 0 Å². The van der Waals surface area contributed by atoms with Crippen LogP contribution in [0.25, 0.3) is 0 Å². The summed E-state index contributed by atoms with van der Waals surface area (Å²) >= 11 is 0. The van der Waals surface area contributed by atoms with E-state index in [0.29, 0.717) is 6.54 Å². The van der Waals surface area contributed by atoms with Gasteiger partial charge in [0, 0.05) is 20.1 Å². The maximum atomic E-state index is 10.1. The van der Waals surface area contributed by atoms with E-state index < -0.39 is 6.10 Å². The van der Waals surface area contributed by atoms with Crippen LogP contribution in [-0.4, -0.2) is 31.4 Å². The molecule has 1 rings (SSSR count). The molecule has 0 aromatic heterocycles. The monoisotopic (exact) mass is 237 g/mol. The van der Waals surface area contributed by atoms with Crippen LogP contribution in [0.4, 0.5) is 0 Å². The van der Waals surface area contributed by atoms with Gasteiger partial charge in [-0.1, -0.05) is 24.3 Å². The predicted molar refractivity (Wildman–Crippen MR) is 70.1 cm³/mol. The number of benzene rings is 1. The molecule has 0 spiro atoms.